The van der Waals surface area contributed by atoms with Gasteiger partial charge in [-0.3, -0.25) is 0 Å². The van der Waals surface area contributed by atoms with Gasteiger partial charge in [0.05, 0.1) is 0 Å². The molecule has 0 amide bonds. The first-order chi connectivity index (χ1) is 8.69. The number of halogens is 3. The molecule has 0 radical (unpaired) electrons. The molecule has 9 heteroatoms. The lowest BCUT2D eigenvalue weighted by Crippen LogP contribution is -2.35. The standard InChI is InChI=1S/C10H7F3O6/c11-10(12,13)19-6-3-1-5(2-4-6)18-7(8(14)15)9(16)17/h1-4,7H,(H,14,15)(H,16,17). The fourth-order valence-corrected chi connectivity index (χ4v) is 1.06. The minimum atomic E-state index is -4.85. The average molecular weight is 280 g/mol. The molecule has 0 aliphatic heterocycles. The average Bonchev–Trinajstić information content (AvgIpc) is 2.25. The van der Waals surface area contributed by atoms with Gasteiger partial charge in [0.15, 0.2) is 0 Å². The summed E-state index contributed by atoms with van der Waals surface area (Å²) < 4.78 is 43.7. The van der Waals surface area contributed by atoms with Gasteiger partial charge in [0, 0.05) is 0 Å². The van der Waals surface area contributed by atoms with Crippen LogP contribution in [0.5, 0.6) is 11.5 Å². The van der Waals surface area contributed by atoms with Crippen molar-refractivity contribution in [3.8, 4) is 11.5 Å². The van der Waals surface area contributed by atoms with E-state index in [1.807, 2.05) is 0 Å². The number of carbonyl (C=O) groups is 2. The van der Waals surface area contributed by atoms with E-state index in [9.17, 15) is 22.8 Å². The van der Waals surface area contributed by atoms with E-state index in [0.717, 1.165) is 24.3 Å². The lowest BCUT2D eigenvalue weighted by molar-refractivity contribution is -0.274. The Labute approximate surface area is 104 Å². The summed E-state index contributed by atoms with van der Waals surface area (Å²) in [5.41, 5.74) is 0. The summed E-state index contributed by atoms with van der Waals surface area (Å²) in [6.45, 7) is 0. The monoisotopic (exact) mass is 280 g/mol. The Balaban J connectivity index is 2.76. The van der Waals surface area contributed by atoms with Gasteiger partial charge in [0.2, 0.25) is 0 Å². The Morgan fingerprint density at radius 3 is 1.79 bits per heavy atom. The Kier molecular flexibility index (Phi) is 4.20. The van der Waals surface area contributed by atoms with Gasteiger partial charge in [0.25, 0.3) is 6.10 Å². The lowest BCUT2D eigenvalue weighted by Gasteiger charge is -2.12. The van der Waals surface area contributed by atoms with Crippen LogP contribution in [0.15, 0.2) is 24.3 Å². The van der Waals surface area contributed by atoms with E-state index in [0.29, 0.717) is 0 Å². The minimum Gasteiger partial charge on any atom is -0.478 e. The zero-order valence-corrected chi connectivity index (χ0v) is 9.05. The minimum absolute atomic E-state index is 0.218. The maximum Gasteiger partial charge on any atom is 0.573 e. The number of hydrogen-bond donors (Lipinski definition) is 2. The molecular formula is C10H7F3O6. The van der Waals surface area contributed by atoms with Crippen LogP contribution < -0.4 is 9.47 Å². The summed E-state index contributed by atoms with van der Waals surface area (Å²) in [7, 11) is 0. The summed E-state index contributed by atoms with van der Waals surface area (Å²) in [6.07, 6.45) is -7.00. The Hall–Kier alpha value is -2.45. The molecule has 1 rings (SSSR count). The number of ether oxygens (including phenoxy) is 2. The van der Waals surface area contributed by atoms with Gasteiger partial charge in [-0.05, 0) is 24.3 Å². The van der Waals surface area contributed by atoms with Crippen LogP contribution in [0.25, 0.3) is 0 Å². The predicted octanol–water partition coefficient (Wildman–Crippen LogP) is 1.50. The summed E-state index contributed by atoms with van der Waals surface area (Å²) in [5.74, 6) is -4.22. The maximum atomic E-state index is 11.9. The highest BCUT2D eigenvalue weighted by Crippen LogP contribution is 2.25. The van der Waals surface area contributed by atoms with E-state index in [4.69, 9.17) is 10.2 Å². The van der Waals surface area contributed by atoms with Crippen LogP contribution in [-0.4, -0.2) is 34.6 Å². The van der Waals surface area contributed by atoms with Gasteiger partial charge in [-0.1, -0.05) is 0 Å². The highest BCUT2D eigenvalue weighted by Gasteiger charge is 2.31. The summed E-state index contributed by atoms with van der Waals surface area (Å²) in [6, 6.07) is 3.65. The van der Waals surface area contributed by atoms with Gasteiger partial charge >= 0.3 is 18.3 Å². The third-order valence-electron chi connectivity index (χ3n) is 1.76. The van der Waals surface area contributed by atoms with Crippen LogP contribution in [0.4, 0.5) is 13.2 Å². The number of carboxylic acids is 2. The fraction of sp³-hybridized carbons (Fsp3) is 0.200. The molecule has 0 fully saturated rings. The van der Waals surface area contributed by atoms with E-state index in [-0.39, 0.29) is 5.75 Å². The van der Waals surface area contributed by atoms with Gasteiger partial charge in [-0.15, -0.1) is 13.2 Å². The van der Waals surface area contributed by atoms with Crippen molar-refractivity contribution in [1.29, 1.82) is 0 Å². The molecule has 0 aliphatic carbocycles. The van der Waals surface area contributed by atoms with Crippen molar-refractivity contribution in [3.63, 3.8) is 0 Å². The Bertz CT molecular complexity index is 453. The summed E-state index contributed by atoms with van der Waals surface area (Å²) in [4.78, 5) is 21.0. The molecule has 0 spiro atoms. The van der Waals surface area contributed by atoms with Crippen LogP contribution >= 0.6 is 0 Å². The van der Waals surface area contributed by atoms with Crippen molar-refractivity contribution in [2.24, 2.45) is 0 Å². The topological polar surface area (TPSA) is 93.1 Å². The first-order valence-corrected chi connectivity index (χ1v) is 4.67. The second kappa shape index (κ2) is 5.46. The van der Waals surface area contributed by atoms with Gasteiger partial charge in [-0.25, -0.2) is 9.59 Å². The predicted molar refractivity (Wildman–Crippen MR) is 52.8 cm³/mol. The molecule has 0 aliphatic rings. The second-order valence-electron chi connectivity index (χ2n) is 3.19. The van der Waals surface area contributed by atoms with E-state index >= 15 is 0 Å². The maximum absolute atomic E-state index is 11.9. The van der Waals surface area contributed by atoms with Crippen LogP contribution in [0, 0.1) is 0 Å². The van der Waals surface area contributed by atoms with Crippen LogP contribution in [0.3, 0.4) is 0 Å². The molecule has 2 N–H and O–H groups in total. The summed E-state index contributed by atoms with van der Waals surface area (Å²) in [5, 5.41) is 17.1. The molecule has 0 heterocycles. The van der Waals surface area contributed by atoms with Crippen molar-refractivity contribution < 1.29 is 42.4 Å². The Morgan fingerprint density at radius 1 is 1.00 bits per heavy atom. The molecule has 0 unspecified atom stereocenters. The van der Waals surface area contributed by atoms with Crippen molar-refractivity contribution in [3.05, 3.63) is 24.3 Å². The van der Waals surface area contributed by atoms with E-state index < -0.39 is 30.2 Å². The molecule has 0 saturated carbocycles. The van der Waals surface area contributed by atoms with Crippen molar-refractivity contribution in [2.45, 2.75) is 12.5 Å². The van der Waals surface area contributed by atoms with Crippen molar-refractivity contribution in [2.75, 3.05) is 0 Å². The molecule has 0 aromatic heterocycles. The number of carboxylic acid groups (broad SMARTS) is 2. The molecule has 104 valence electrons. The number of benzene rings is 1. The molecule has 0 saturated heterocycles. The third-order valence-corrected chi connectivity index (χ3v) is 1.76. The second-order valence-corrected chi connectivity index (χ2v) is 3.19. The molecule has 19 heavy (non-hydrogen) atoms. The van der Waals surface area contributed by atoms with Crippen molar-refractivity contribution in [1.82, 2.24) is 0 Å². The SMILES string of the molecule is O=C(O)C(Oc1ccc(OC(F)(F)F)cc1)C(=O)O. The number of rotatable bonds is 5. The zero-order chi connectivity index (χ0) is 14.6. The van der Waals surface area contributed by atoms with E-state index in [1.165, 1.54) is 0 Å². The van der Waals surface area contributed by atoms with Gasteiger partial charge in [-0.2, -0.15) is 0 Å². The third kappa shape index (κ3) is 4.74. The van der Waals surface area contributed by atoms with Crippen LogP contribution in [0.2, 0.25) is 0 Å². The number of alkyl halides is 3. The zero-order valence-electron chi connectivity index (χ0n) is 9.05. The lowest BCUT2D eigenvalue weighted by atomic mass is 10.3. The van der Waals surface area contributed by atoms with Gasteiger partial charge < -0.3 is 19.7 Å². The highest BCUT2D eigenvalue weighted by atomic mass is 19.4. The van der Waals surface area contributed by atoms with Crippen LogP contribution in [-0.2, 0) is 9.59 Å². The quantitative estimate of drug-likeness (QED) is 0.794. The van der Waals surface area contributed by atoms with Crippen LogP contribution in [0.1, 0.15) is 0 Å². The summed E-state index contributed by atoms with van der Waals surface area (Å²) >= 11 is 0. The van der Waals surface area contributed by atoms with E-state index in [1.54, 1.807) is 0 Å². The number of aliphatic carboxylic acids is 2. The smallest absolute Gasteiger partial charge is 0.478 e. The number of hydrogen-bond acceptors (Lipinski definition) is 4. The molecule has 6 nitrogen and oxygen atoms in total. The Morgan fingerprint density at radius 2 is 1.42 bits per heavy atom. The van der Waals surface area contributed by atoms with Crippen molar-refractivity contribution >= 4 is 11.9 Å². The fourth-order valence-electron chi connectivity index (χ4n) is 1.06. The largest absolute Gasteiger partial charge is 0.573 e. The molecular weight excluding hydrogens is 273 g/mol. The van der Waals surface area contributed by atoms with Gasteiger partial charge in [0.1, 0.15) is 11.5 Å². The normalized spacial score (nSPS) is 11.2. The van der Waals surface area contributed by atoms with E-state index in [2.05, 4.69) is 9.47 Å². The first kappa shape index (κ1) is 14.6. The molecule has 1 aromatic rings. The molecule has 0 bridgehead atoms. The molecule has 0 atom stereocenters. The molecule has 1 aromatic carbocycles. The first-order valence-electron chi connectivity index (χ1n) is 4.67. The highest BCUT2D eigenvalue weighted by molar-refractivity contribution is 5.96.